The second kappa shape index (κ2) is 6.29. The van der Waals surface area contributed by atoms with Crippen LogP contribution in [-0.2, 0) is 4.74 Å². The van der Waals surface area contributed by atoms with Crippen molar-refractivity contribution in [1.82, 2.24) is 5.32 Å². The summed E-state index contributed by atoms with van der Waals surface area (Å²) in [6.07, 6.45) is -5.45. The lowest BCUT2D eigenvalue weighted by Crippen LogP contribution is -2.64. The summed E-state index contributed by atoms with van der Waals surface area (Å²) >= 11 is 0. The lowest BCUT2D eigenvalue weighted by molar-refractivity contribution is -0.252. The van der Waals surface area contributed by atoms with Crippen molar-refractivity contribution in [2.24, 2.45) is 0 Å². The van der Waals surface area contributed by atoms with Gasteiger partial charge in [0, 0.05) is 5.56 Å². The molecule has 1 aliphatic rings. The van der Waals surface area contributed by atoms with E-state index in [0.29, 0.717) is 5.56 Å². The molecule has 1 aromatic rings. The minimum Gasteiger partial charge on any atom is -0.394 e. The molecule has 2 rings (SSSR count). The van der Waals surface area contributed by atoms with E-state index in [0.717, 1.165) is 0 Å². The third-order valence-electron chi connectivity index (χ3n) is 3.23. The molecule has 5 N–H and O–H groups in total. The number of aliphatic hydroxyl groups is 4. The molecule has 0 bridgehead atoms. The Morgan fingerprint density at radius 3 is 2.40 bits per heavy atom. The molecule has 20 heavy (non-hydrogen) atoms. The highest BCUT2D eigenvalue weighted by Gasteiger charge is 2.44. The number of carbonyl (C=O) groups excluding carboxylic acids is 1. The zero-order chi connectivity index (χ0) is 14.7. The first-order chi connectivity index (χ1) is 9.54. The first kappa shape index (κ1) is 14.9. The van der Waals surface area contributed by atoms with Crippen molar-refractivity contribution < 1.29 is 30.0 Å². The summed E-state index contributed by atoms with van der Waals surface area (Å²) in [5, 5.41) is 40.7. The molecule has 0 aromatic heterocycles. The van der Waals surface area contributed by atoms with E-state index in [1.54, 1.807) is 30.3 Å². The Hall–Kier alpha value is -1.51. The van der Waals surface area contributed by atoms with Gasteiger partial charge in [0.2, 0.25) is 0 Å². The molecule has 0 spiro atoms. The Balaban J connectivity index is 2.07. The van der Waals surface area contributed by atoms with Gasteiger partial charge in [-0.2, -0.15) is 0 Å². The van der Waals surface area contributed by atoms with Crippen LogP contribution in [-0.4, -0.2) is 63.6 Å². The van der Waals surface area contributed by atoms with Crippen LogP contribution in [0.4, 0.5) is 0 Å². The van der Waals surface area contributed by atoms with Crippen LogP contribution in [0.2, 0.25) is 0 Å². The number of rotatable bonds is 3. The van der Waals surface area contributed by atoms with Crippen LogP contribution in [0.25, 0.3) is 0 Å². The lowest BCUT2D eigenvalue weighted by atomic mass is 9.97. The number of ether oxygens (including phenoxy) is 1. The van der Waals surface area contributed by atoms with Gasteiger partial charge in [0.15, 0.2) is 6.29 Å². The molecule has 1 aliphatic heterocycles. The van der Waals surface area contributed by atoms with Gasteiger partial charge in [0.1, 0.15) is 24.4 Å². The van der Waals surface area contributed by atoms with Crippen LogP contribution in [0.3, 0.4) is 0 Å². The lowest BCUT2D eigenvalue weighted by Gasteiger charge is -2.40. The zero-order valence-corrected chi connectivity index (χ0v) is 10.6. The maximum Gasteiger partial charge on any atom is 0.251 e. The van der Waals surface area contributed by atoms with E-state index < -0.39 is 43.2 Å². The highest BCUT2D eigenvalue weighted by Crippen LogP contribution is 2.20. The fourth-order valence-electron chi connectivity index (χ4n) is 2.08. The summed E-state index contributed by atoms with van der Waals surface area (Å²) in [6.45, 7) is -0.547. The van der Waals surface area contributed by atoms with Gasteiger partial charge in [-0.3, -0.25) is 4.79 Å². The Morgan fingerprint density at radius 2 is 1.80 bits per heavy atom. The molecule has 0 unspecified atom stereocenters. The van der Waals surface area contributed by atoms with Gasteiger partial charge in [-0.05, 0) is 12.1 Å². The average Bonchev–Trinajstić information content (AvgIpc) is 2.48. The molecule has 0 aliphatic carbocycles. The summed E-state index contributed by atoms with van der Waals surface area (Å²) in [5.74, 6) is -0.507. The third-order valence-corrected chi connectivity index (χ3v) is 3.23. The van der Waals surface area contributed by atoms with Crippen LogP contribution in [0.15, 0.2) is 30.3 Å². The number of amides is 1. The van der Waals surface area contributed by atoms with Crippen molar-refractivity contribution in [1.29, 1.82) is 0 Å². The largest absolute Gasteiger partial charge is 0.394 e. The molecule has 7 nitrogen and oxygen atoms in total. The molecule has 0 saturated carbocycles. The summed E-state index contributed by atoms with van der Waals surface area (Å²) in [4.78, 5) is 11.9. The highest BCUT2D eigenvalue weighted by atomic mass is 16.6. The van der Waals surface area contributed by atoms with Crippen molar-refractivity contribution in [2.45, 2.75) is 30.6 Å². The summed E-state index contributed by atoms with van der Waals surface area (Å²) in [5.41, 5.74) is 0.352. The molecule has 7 heteroatoms. The summed E-state index contributed by atoms with van der Waals surface area (Å²) in [6, 6.07) is 7.07. The fraction of sp³-hybridized carbons (Fsp3) is 0.462. The third kappa shape index (κ3) is 2.97. The number of hydrogen-bond donors (Lipinski definition) is 5. The van der Waals surface area contributed by atoms with Crippen molar-refractivity contribution in [3.8, 4) is 0 Å². The van der Waals surface area contributed by atoms with E-state index in [9.17, 15) is 20.1 Å². The van der Waals surface area contributed by atoms with Gasteiger partial charge >= 0.3 is 0 Å². The smallest absolute Gasteiger partial charge is 0.251 e. The van der Waals surface area contributed by atoms with E-state index in [1.165, 1.54) is 0 Å². The molecule has 1 saturated heterocycles. The van der Waals surface area contributed by atoms with Gasteiger partial charge < -0.3 is 30.5 Å². The molecule has 1 amide bonds. The summed E-state index contributed by atoms with van der Waals surface area (Å²) in [7, 11) is 0. The maximum absolute atomic E-state index is 11.9. The van der Waals surface area contributed by atoms with Crippen LogP contribution < -0.4 is 5.32 Å². The van der Waals surface area contributed by atoms with E-state index in [1.807, 2.05) is 0 Å². The van der Waals surface area contributed by atoms with E-state index in [2.05, 4.69) is 5.32 Å². The summed E-state index contributed by atoms with van der Waals surface area (Å²) < 4.78 is 4.95. The maximum atomic E-state index is 11.9. The van der Waals surface area contributed by atoms with Gasteiger partial charge in [0.25, 0.3) is 5.91 Å². The normalized spacial score (nSPS) is 33.7. The van der Waals surface area contributed by atoms with Gasteiger partial charge in [-0.15, -0.1) is 0 Å². The molecular formula is C13H17NO6. The zero-order valence-electron chi connectivity index (χ0n) is 10.6. The minimum absolute atomic E-state index is 0.352. The van der Waals surface area contributed by atoms with Crippen molar-refractivity contribution in [2.75, 3.05) is 6.61 Å². The van der Waals surface area contributed by atoms with Crippen molar-refractivity contribution in [3.05, 3.63) is 35.9 Å². The first-order valence-electron chi connectivity index (χ1n) is 6.21. The second-order valence-corrected chi connectivity index (χ2v) is 4.59. The number of carbonyl (C=O) groups is 1. The molecule has 110 valence electrons. The molecule has 0 radical (unpaired) electrons. The SMILES string of the molecule is O=C(N[C@H]1[C@@H](O)[C@H](O)[C@H](CO)O[C@H]1O)c1ccccc1. The van der Waals surface area contributed by atoms with E-state index in [4.69, 9.17) is 9.84 Å². The predicted molar refractivity (Wildman–Crippen MR) is 67.7 cm³/mol. The van der Waals surface area contributed by atoms with Crippen LogP contribution in [0, 0.1) is 0 Å². The van der Waals surface area contributed by atoms with E-state index in [-0.39, 0.29) is 0 Å². The number of aliphatic hydroxyl groups excluding tert-OH is 4. The Kier molecular flexibility index (Phi) is 4.69. The quantitative estimate of drug-likeness (QED) is 0.447. The van der Waals surface area contributed by atoms with Gasteiger partial charge in [-0.1, -0.05) is 18.2 Å². The first-order valence-corrected chi connectivity index (χ1v) is 6.21. The van der Waals surface area contributed by atoms with Crippen LogP contribution >= 0.6 is 0 Å². The second-order valence-electron chi connectivity index (χ2n) is 4.59. The van der Waals surface area contributed by atoms with Crippen molar-refractivity contribution in [3.63, 3.8) is 0 Å². The fourth-order valence-corrected chi connectivity index (χ4v) is 2.08. The Morgan fingerprint density at radius 1 is 1.15 bits per heavy atom. The topological polar surface area (TPSA) is 119 Å². The predicted octanol–water partition coefficient (Wildman–Crippen LogP) is -1.78. The molecular weight excluding hydrogens is 266 g/mol. The minimum atomic E-state index is -1.52. The molecule has 1 heterocycles. The van der Waals surface area contributed by atoms with Crippen molar-refractivity contribution >= 4 is 5.91 Å². The van der Waals surface area contributed by atoms with Crippen LogP contribution in [0.1, 0.15) is 10.4 Å². The standard InChI is InChI=1S/C13H17NO6/c15-6-8-10(16)11(17)9(13(19)20-8)14-12(18)7-4-2-1-3-5-7/h1-5,8-11,13,15-17,19H,6H2,(H,14,18)/t8-,9-,10+,11+,13+/m0/s1. The van der Waals surface area contributed by atoms with E-state index >= 15 is 0 Å². The Bertz CT molecular complexity index is 453. The monoisotopic (exact) mass is 283 g/mol. The van der Waals surface area contributed by atoms with Crippen LogP contribution in [0.5, 0.6) is 0 Å². The van der Waals surface area contributed by atoms with Gasteiger partial charge in [0.05, 0.1) is 6.61 Å². The molecule has 5 atom stereocenters. The highest BCUT2D eigenvalue weighted by molar-refractivity contribution is 5.94. The number of benzene rings is 1. The Labute approximate surface area is 115 Å². The molecule has 1 aromatic carbocycles. The average molecular weight is 283 g/mol. The van der Waals surface area contributed by atoms with Gasteiger partial charge in [-0.25, -0.2) is 0 Å². The number of nitrogens with one attached hydrogen (secondary N) is 1. The molecule has 1 fully saturated rings. The number of hydrogen-bond acceptors (Lipinski definition) is 6.